The number of hydrogen-bond donors (Lipinski definition) is 2. The van der Waals surface area contributed by atoms with Gasteiger partial charge in [0, 0.05) is 43.7 Å². The number of ether oxygens (including phenoxy) is 1. The van der Waals surface area contributed by atoms with Crippen molar-refractivity contribution in [3.63, 3.8) is 0 Å². The lowest BCUT2D eigenvalue weighted by Crippen LogP contribution is -2.45. The number of rotatable bonds is 8. The highest BCUT2D eigenvalue weighted by molar-refractivity contribution is 14.0. The van der Waals surface area contributed by atoms with Crippen molar-refractivity contribution < 1.29 is 4.74 Å². The van der Waals surface area contributed by atoms with Crippen molar-refractivity contribution in [3.05, 3.63) is 45.9 Å². The Morgan fingerprint density at radius 1 is 1.29 bits per heavy atom. The lowest BCUT2D eigenvalue weighted by Gasteiger charge is -2.40. The smallest absolute Gasteiger partial charge is 0.191 e. The lowest BCUT2D eigenvalue weighted by atomic mass is 9.85. The third-order valence-electron chi connectivity index (χ3n) is 5.80. The monoisotopic (exact) mass is 557 g/mol. The zero-order valence-electron chi connectivity index (χ0n) is 19.1. The van der Waals surface area contributed by atoms with Crippen LogP contribution < -0.4 is 15.4 Å². The molecule has 172 valence electrons. The molecule has 1 aliphatic rings. The highest BCUT2D eigenvalue weighted by atomic mass is 127. The Balaban J connectivity index is 0.00000341. The summed E-state index contributed by atoms with van der Waals surface area (Å²) in [6.07, 6.45) is 6.41. The molecule has 0 saturated carbocycles. The average Bonchev–Trinajstić information content (AvgIpc) is 3.24. The number of aromatic nitrogens is 1. The van der Waals surface area contributed by atoms with Gasteiger partial charge in [-0.3, -0.25) is 9.89 Å². The zero-order chi connectivity index (χ0) is 21.3. The van der Waals surface area contributed by atoms with E-state index in [1.165, 1.54) is 28.3 Å². The number of halogens is 1. The van der Waals surface area contributed by atoms with Crippen molar-refractivity contribution in [2.45, 2.75) is 38.6 Å². The van der Waals surface area contributed by atoms with Crippen LogP contribution in [0.25, 0.3) is 0 Å². The van der Waals surface area contributed by atoms with Gasteiger partial charge < -0.3 is 15.4 Å². The predicted octanol–water partition coefficient (Wildman–Crippen LogP) is 4.12. The number of benzene rings is 1. The van der Waals surface area contributed by atoms with Gasteiger partial charge in [-0.2, -0.15) is 0 Å². The van der Waals surface area contributed by atoms with E-state index in [2.05, 4.69) is 63.7 Å². The molecule has 2 atom stereocenters. The van der Waals surface area contributed by atoms with Crippen LogP contribution in [0.1, 0.15) is 41.3 Å². The van der Waals surface area contributed by atoms with Crippen LogP contribution in [0.5, 0.6) is 5.75 Å². The zero-order valence-corrected chi connectivity index (χ0v) is 22.2. The minimum absolute atomic E-state index is 0. The molecule has 2 aromatic rings. The van der Waals surface area contributed by atoms with E-state index in [1.807, 2.05) is 13.2 Å². The molecule has 6 nitrogen and oxygen atoms in total. The number of nitrogens with zero attached hydrogens (tertiary/aromatic N) is 3. The molecule has 3 rings (SSSR count). The molecule has 1 aromatic carbocycles. The quantitative estimate of drug-likeness (QED) is 0.291. The molecule has 0 radical (unpaired) electrons. The van der Waals surface area contributed by atoms with E-state index in [0.29, 0.717) is 12.0 Å². The van der Waals surface area contributed by atoms with Gasteiger partial charge in [0.25, 0.3) is 0 Å². The maximum Gasteiger partial charge on any atom is 0.191 e. The number of piperidine rings is 1. The Bertz CT molecular complexity index is 811. The van der Waals surface area contributed by atoms with Gasteiger partial charge in [-0.1, -0.05) is 19.1 Å². The van der Waals surface area contributed by atoms with Gasteiger partial charge >= 0.3 is 0 Å². The fourth-order valence-corrected chi connectivity index (χ4v) is 5.03. The van der Waals surface area contributed by atoms with E-state index in [1.54, 1.807) is 18.4 Å². The molecule has 2 unspecified atom stereocenters. The minimum atomic E-state index is 0. The average molecular weight is 558 g/mol. The molecule has 0 bridgehead atoms. The number of methoxy groups -OCH3 is 1. The second-order valence-electron chi connectivity index (χ2n) is 7.80. The molecule has 0 aliphatic carbocycles. The molecular formula is C23H36IN5OS. The summed E-state index contributed by atoms with van der Waals surface area (Å²) in [5.41, 5.74) is 1.35. The van der Waals surface area contributed by atoms with E-state index < -0.39 is 0 Å². The molecule has 1 aromatic heterocycles. The van der Waals surface area contributed by atoms with Crippen molar-refractivity contribution in [1.82, 2.24) is 20.5 Å². The van der Waals surface area contributed by atoms with E-state index >= 15 is 0 Å². The number of thiazole rings is 1. The van der Waals surface area contributed by atoms with Crippen molar-refractivity contribution >= 4 is 41.3 Å². The number of aryl methyl sites for hydroxylation is 1. The Labute approximate surface area is 207 Å². The van der Waals surface area contributed by atoms with Crippen molar-refractivity contribution in [2.75, 3.05) is 40.8 Å². The van der Waals surface area contributed by atoms with E-state index in [-0.39, 0.29) is 24.0 Å². The normalized spacial score (nSPS) is 19.5. The molecule has 2 N–H and O–H groups in total. The largest absolute Gasteiger partial charge is 0.497 e. The Morgan fingerprint density at radius 2 is 2.06 bits per heavy atom. The fraction of sp³-hybridized carbons (Fsp3) is 0.565. The topological polar surface area (TPSA) is 61.8 Å². The second-order valence-corrected chi connectivity index (χ2v) is 9.00. The SMILES string of the molecule is CCc1cnc(CCNC(=NC)NCC2CCCN(C)C2c2ccc(OC)cc2)s1.I. The minimum Gasteiger partial charge on any atom is -0.497 e. The van der Waals surface area contributed by atoms with Gasteiger partial charge in [-0.25, -0.2) is 4.98 Å². The van der Waals surface area contributed by atoms with Gasteiger partial charge in [0.15, 0.2) is 5.96 Å². The number of guanidine groups is 1. The van der Waals surface area contributed by atoms with Gasteiger partial charge in [0.05, 0.1) is 12.1 Å². The van der Waals surface area contributed by atoms with E-state index in [0.717, 1.165) is 44.2 Å². The van der Waals surface area contributed by atoms with Crippen molar-refractivity contribution in [3.8, 4) is 5.75 Å². The van der Waals surface area contributed by atoms with E-state index in [4.69, 9.17) is 4.74 Å². The maximum atomic E-state index is 5.33. The first kappa shape index (κ1) is 25.9. The van der Waals surface area contributed by atoms with Crippen LogP contribution in [-0.2, 0) is 12.8 Å². The molecule has 31 heavy (non-hydrogen) atoms. The molecule has 2 heterocycles. The lowest BCUT2D eigenvalue weighted by molar-refractivity contribution is 0.122. The van der Waals surface area contributed by atoms with Crippen LogP contribution in [0.2, 0.25) is 0 Å². The highest BCUT2D eigenvalue weighted by Crippen LogP contribution is 2.35. The molecule has 0 spiro atoms. The summed E-state index contributed by atoms with van der Waals surface area (Å²) >= 11 is 1.80. The second kappa shape index (κ2) is 13.2. The Morgan fingerprint density at radius 3 is 2.71 bits per heavy atom. The third-order valence-corrected chi connectivity index (χ3v) is 7.00. The third kappa shape index (κ3) is 7.32. The summed E-state index contributed by atoms with van der Waals surface area (Å²) in [6.45, 7) is 5.04. The molecule has 0 amide bonds. The van der Waals surface area contributed by atoms with Crippen LogP contribution in [0.15, 0.2) is 35.5 Å². The Kier molecular flexibility index (Phi) is 11.0. The van der Waals surface area contributed by atoms with Gasteiger partial charge in [-0.05, 0) is 56.5 Å². The molecular weight excluding hydrogens is 521 g/mol. The fourth-order valence-electron chi connectivity index (χ4n) is 4.16. The van der Waals surface area contributed by atoms with Crippen LogP contribution >= 0.6 is 35.3 Å². The van der Waals surface area contributed by atoms with Crippen molar-refractivity contribution in [2.24, 2.45) is 10.9 Å². The first-order valence-corrected chi connectivity index (χ1v) is 11.7. The molecule has 1 aliphatic heterocycles. The molecule has 1 fully saturated rings. The van der Waals surface area contributed by atoms with Gasteiger partial charge in [0.2, 0.25) is 0 Å². The first-order valence-electron chi connectivity index (χ1n) is 10.9. The van der Waals surface area contributed by atoms with Crippen LogP contribution in [0, 0.1) is 5.92 Å². The predicted molar refractivity (Wildman–Crippen MR) is 141 cm³/mol. The van der Waals surface area contributed by atoms with Gasteiger partial charge in [0.1, 0.15) is 5.75 Å². The summed E-state index contributed by atoms with van der Waals surface area (Å²) in [5.74, 6) is 2.30. The molecule has 1 saturated heterocycles. The highest BCUT2D eigenvalue weighted by Gasteiger charge is 2.30. The summed E-state index contributed by atoms with van der Waals surface area (Å²) in [7, 11) is 5.78. The summed E-state index contributed by atoms with van der Waals surface area (Å²) in [4.78, 5) is 12.7. The van der Waals surface area contributed by atoms with E-state index in [9.17, 15) is 0 Å². The Hall–Kier alpha value is -1.39. The molecule has 8 heteroatoms. The van der Waals surface area contributed by atoms with Crippen LogP contribution in [0.4, 0.5) is 0 Å². The van der Waals surface area contributed by atoms with Crippen molar-refractivity contribution in [1.29, 1.82) is 0 Å². The maximum absolute atomic E-state index is 5.33. The van der Waals surface area contributed by atoms with Gasteiger partial charge in [-0.15, -0.1) is 35.3 Å². The number of likely N-dealkylation sites (tertiary alicyclic amines) is 1. The number of nitrogens with one attached hydrogen (secondary N) is 2. The standard InChI is InChI=1S/C23H35N5OS.HI/c1-5-20-16-26-21(30-20)12-13-25-23(24-2)27-15-18-7-6-14-28(3)22(18)17-8-10-19(29-4)11-9-17;/h8-11,16,18,22H,5-7,12-15H2,1-4H3,(H2,24,25,27);1H. The summed E-state index contributed by atoms with van der Waals surface area (Å²) in [6, 6.07) is 8.92. The van der Waals surface area contributed by atoms with Crippen LogP contribution in [0.3, 0.4) is 0 Å². The number of aliphatic imine (C=N–C) groups is 1. The first-order chi connectivity index (χ1) is 14.6. The number of hydrogen-bond acceptors (Lipinski definition) is 5. The summed E-state index contributed by atoms with van der Waals surface area (Å²) in [5, 5.41) is 8.18. The van der Waals surface area contributed by atoms with Crippen LogP contribution in [-0.4, -0.2) is 56.7 Å². The summed E-state index contributed by atoms with van der Waals surface area (Å²) < 4.78 is 5.33.